The third kappa shape index (κ3) is 4.61. The molecule has 0 spiro atoms. The molecule has 0 fully saturated rings. The van der Waals surface area contributed by atoms with E-state index in [4.69, 9.17) is 27.2 Å². The number of benzene rings is 2. The molecule has 150 valence electrons. The SMILES string of the molecule is N#C/C(=C\c1cc(Cl)ccc1OCc1ccccc1)c1nn(CCO)c(N)c1C#N. The van der Waals surface area contributed by atoms with Crippen LogP contribution in [0.3, 0.4) is 0 Å². The number of rotatable bonds is 7. The van der Waals surface area contributed by atoms with Gasteiger partial charge in [-0.2, -0.15) is 15.6 Å². The maximum Gasteiger partial charge on any atom is 0.140 e. The molecule has 30 heavy (non-hydrogen) atoms. The second kappa shape index (κ2) is 9.62. The summed E-state index contributed by atoms with van der Waals surface area (Å²) in [6.07, 6.45) is 1.55. The molecule has 0 saturated heterocycles. The minimum Gasteiger partial charge on any atom is -0.488 e. The number of hydrogen-bond acceptors (Lipinski definition) is 6. The molecule has 1 heterocycles. The molecule has 8 heteroatoms. The Morgan fingerprint density at radius 2 is 2.00 bits per heavy atom. The minimum absolute atomic E-state index is 0.0741. The number of ether oxygens (including phenoxy) is 1. The van der Waals surface area contributed by atoms with Crippen LogP contribution in [0.2, 0.25) is 5.02 Å². The molecule has 3 N–H and O–H groups in total. The van der Waals surface area contributed by atoms with Crippen LogP contribution in [0.15, 0.2) is 48.5 Å². The number of nitrogens with zero attached hydrogens (tertiary/aromatic N) is 4. The Bertz CT molecular complexity index is 1160. The van der Waals surface area contributed by atoms with Crippen molar-refractivity contribution in [3.05, 3.63) is 75.9 Å². The lowest BCUT2D eigenvalue weighted by molar-refractivity contribution is 0.270. The van der Waals surface area contributed by atoms with E-state index < -0.39 is 0 Å². The van der Waals surface area contributed by atoms with Crippen LogP contribution in [0.5, 0.6) is 5.75 Å². The standard InChI is InChI=1S/C22H18ClN5O2/c23-18-6-7-20(30-14-15-4-2-1-3-5-15)16(11-18)10-17(12-24)21-19(13-25)22(26)28(27-21)8-9-29/h1-7,10-11,29H,8-9,14,26H2/b17-10+. The molecule has 0 radical (unpaired) electrons. The van der Waals surface area contributed by atoms with Gasteiger partial charge in [-0.15, -0.1) is 0 Å². The van der Waals surface area contributed by atoms with Crippen molar-refractivity contribution in [3.8, 4) is 17.9 Å². The van der Waals surface area contributed by atoms with E-state index in [-0.39, 0.29) is 35.8 Å². The summed E-state index contributed by atoms with van der Waals surface area (Å²) in [5.74, 6) is 0.617. The summed E-state index contributed by atoms with van der Waals surface area (Å²) < 4.78 is 7.22. The molecular weight excluding hydrogens is 402 g/mol. The first-order chi connectivity index (χ1) is 14.6. The Morgan fingerprint density at radius 1 is 1.23 bits per heavy atom. The molecule has 3 aromatic rings. The Hall–Kier alpha value is -3.78. The van der Waals surface area contributed by atoms with Crippen molar-refractivity contribution in [2.24, 2.45) is 0 Å². The van der Waals surface area contributed by atoms with E-state index in [0.717, 1.165) is 5.56 Å². The number of aromatic nitrogens is 2. The fourth-order valence-corrected chi connectivity index (χ4v) is 3.03. The first-order valence-electron chi connectivity index (χ1n) is 9.03. The zero-order valence-electron chi connectivity index (χ0n) is 15.9. The molecule has 7 nitrogen and oxygen atoms in total. The van der Waals surface area contributed by atoms with Crippen molar-refractivity contribution in [3.63, 3.8) is 0 Å². The van der Waals surface area contributed by atoms with Crippen LogP contribution in [0, 0.1) is 22.7 Å². The number of nitrogens with two attached hydrogens (primary N) is 1. The highest BCUT2D eigenvalue weighted by molar-refractivity contribution is 6.30. The van der Waals surface area contributed by atoms with Crippen molar-refractivity contribution in [2.75, 3.05) is 12.3 Å². The fraction of sp³-hybridized carbons (Fsp3) is 0.136. The summed E-state index contributed by atoms with van der Waals surface area (Å²) in [5.41, 5.74) is 7.83. The first-order valence-corrected chi connectivity index (χ1v) is 9.40. The second-order valence-electron chi connectivity index (χ2n) is 6.29. The number of hydrogen-bond donors (Lipinski definition) is 2. The van der Waals surface area contributed by atoms with Crippen LogP contribution in [0.4, 0.5) is 5.82 Å². The van der Waals surface area contributed by atoms with Gasteiger partial charge in [0, 0.05) is 10.6 Å². The topological polar surface area (TPSA) is 121 Å². The summed E-state index contributed by atoms with van der Waals surface area (Å²) in [4.78, 5) is 0. The van der Waals surface area contributed by atoms with Crippen LogP contribution in [0.25, 0.3) is 11.6 Å². The van der Waals surface area contributed by atoms with Crippen molar-refractivity contribution in [1.82, 2.24) is 9.78 Å². The van der Waals surface area contributed by atoms with E-state index in [1.807, 2.05) is 36.4 Å². The van der Waals surface area contributed by atoms with Crippen LogP contribution in [-0.4, -0.2) is 21.5 Å². The molecule has 0 amide bonds. The van der Waals surface area contributed by atoms with Crippen LogP contribution >= 0.6 is 11.6 Å². The molecule has 0 aliphatic carbocycles. The fourth-order valence-electron chi connectivity index (χ4n) is 2.85. The van der Waals surface area contributed by atoms with Crippen LogP contribution in [-0.2, 0) is 13.2 Å². The van der Waals surface area contributed by atoms with Gasteiger partial charge in [-0.1, -0.05) is 41.9 Å². The highest BCUT2D eigenvalue weighted by Crippen LogP contribution is 2.30. The highest BCUT2D eigenvalue weighted by atomic mass is 35.5. The molecule has 3 rings (SSSR count). The maximum atomic E-state index is 9.72. The average Bonchev–Trinajstić information content (AvgIpc) is 3.07. The number of halogens is 1. The molecule has 2 aromatic carbocycles. The molecule has 0 aliphatic heterocycles. The summed E-state index contributed by atoms with van der Waals surface area (Å²) in [6.45, 7) is 0.252. The van der Waals surface area contributed by atoms with E-state index in [1.54, 1.807) is 24.3 Å². The third-order valence-electron chi connectivity index (χ3n) is 4.30. The summed E-state index contributed by atoms with van der Waals surface area (Å²) in [6, 6.07) is 18.8. The van der Waals surface area contributed by atoms with Gasteiger partial charge in [0.05, 0.1) is 18.7 Å². The Labute approximate surface area is 178 Å². The van der Waals surface area contributed by atoms with Gasteiger partial charge < -0.3 is 15.6 Å². The highest BCUT2D eigenvalue weighted by Gasteiger charge is 2.19. The van der Waals surface area contributed by atoms with Gasteiger partial charge in [-0.25, -0.2) is 4.68 Å². The monoisotopic (exact) mass is 419 g/mol. The second-order valence-corrected chi connectivity index (χ2v) is 6.73. The maximum absolute atomic E-state index is 9.72. The van der Waals surface area contributed by atoms with E-state index >= 15 is 0 Å². The molecule has 0 unspecified atom stereocenters. The van der Waals surface area contributed by atoms with Gasteiger partial charge in [0.1, 0.15) is 41.6 Å². The van der Waals surface area contributed by atoms with Crippen LogP contribution in [0.1, 0.15) is 22.4 Å². The predicted octanol–water partition coefficient (Wildman–Crippen LogP) is 3.63. The summed E-state index contributed by atoms with van der Waals surface area (Å²) in [7, 11) is 0. The van der Waals surface area contributed by atoms with Crippen molar-refractivity contribution >= 4 is 29.1 Å². The van der Waals surface area contributed by atoms with E-state index in [2.05, 4.69) is 11.2 Å². The van der Waals surface area contributed by atoms with Gasteiger partial charge in [0.25, 0.3) is 0 Å². The van der Waals surface area contributed by atoms with E-state index in [9.17, 15) is 10.5 Å². The van der Waals surface area contributed by atoms with Gasteiger partial charge >= 0.3 is 0 Å². The van der Waals surface area contributed by atoms with Gasteiger partial charge in [-0.05, 0) is 29.8 Å². The van der Waals surface area contributed by atoms with Gasteiger partial charge in [0.2, 0.25) is 0 Å². The number of nitrogen functional groups attached to an aromatic ring is 1. The number of aliphatic hydroxyl groups is 1. The van der Waals surface area contributed by atoms with Gasteiger partial charge in [0.15, 0.2) is 0 Å². The Kier molecular flexibility index (Phi) is 6.71. The zero-order valence-corrected chi connectivity index (χ0v) is 16.7. The molecule has 1 aromatic heterocycles. The number of allylic oxidation sites excluding steroid dienone is 1. The normalized spacial score (nSPS) is 11.0. The lowest BCUT2D eigenvalue weighted by Gasteiger charge is -2.10. The summed E-state index contributed by atoms with van der Waals surface area (Å²) in [5, 5.41) is 33.0. The van der Waals surface area contributed by atoms with Crippen molar-refractivity contribution < 1.29 is 9.84 Å². The van der Waals surface area contributed by atoms with E-state index in [1.165, 1.54) is 4.68 Å². The van der Waals surface area contributed by atoms with Crippen molar-refractivity contribution in [2.45, 2.75) is 13.2 Å². The Balaban J connectivity index is 2.00. The lowest BCUT2D eigenvalue weighted by Crippen LogP contribution is -2.07. The largest absolute Gasteiger partial charge is 0.488 e. The lowest BCUT2D eigenvalue weighted by atomic mass is 10.1. The quantitative estimate of drug-likeness (QED) is 0.564. The minimum atomic E-state index is -0.201. The Morgan fingerprint density at radius 3 is 2.67 bits per heavy atom. The van der Waals surface area contributed by atoms with E-state index in [0.29, 0.717) is 22.9 Å². The molecule has 0 aliphatic rings. The van der Waals surface area contributed by atoms with Crippen LogP contribution < -0.4 is 10.5 Å². The van der Waals surface area contributed by atoms with Crippen molar-refractivity contribution in [1.29, 1.82) is 10.5 Å². The molecule has 0 saturated carbocycles. The molecular formula is C22H18ClN5O2. The number of aliphatic hydroxyl groups excluding tert-OH is 1. The zero-order chi connectivity index (χ0) is 21.5. The molecule has 0 atom stereocenters. The smallest absolute Gasteiger partial charge is 0.140 e. The average molecular weight is 420 g/mol. The number of anilines is 1. The first kappa shape index (κ1) is 20.9. The summed E-state index contributed by atoms with van der Waals surface area (Å²) >= 11 is 6.15. The number of nitriles is 2. The molecule has 0 bridgehead atoms. The van der Waals surface area contributed by atoms with Gasteiger partial charge in [-0.3, -0.25) is 0 Å². The third-order valence-corrected chi connectivity index (χ3v) is 4.53. The predicted molar refractivity (Wildman–Crippen MR) is 114 cm³/mol.